The van der Waals surface area contributed by atoms with E-state index in [-0.39, 0.29) is 29.8 Å². The van der Waals surface area contributed by atoms with Gasteiger partial charge in [-0.05, 0) is 85.0 Å². The smallest absolute Gasteiger partial charge is 0.355 e. The van der Waals surface area contributed by atoms with Crippen LogP contribution in [0.15, 0.2) is 70.8 Å². The summed E-state index contributed by atoms with van der Waals surface area (Å²) >= 11 is 3.18. The van der Waals surface area contributed by atoms with E-state index in [9.17, 15) is 24.8 Å². The van der Waals surface area contributed by atoms with Gasteiger partial charge in [-0.1, -0.05) is 76.7 Å². The highest BCUT2D eigenvalue weighted by molar-refractivity contribution is 7.99. The summed E-state index contributed by atoms with van der Waals surface area (Å²) < 4.78 is 24.0. The number of ether oxygens (including phenoxy) is 1. The lowest BCUT2D eigenvalue weighted by molar-refractivity contribution is -0.721. The molecule has 4 aromatic rings. The largest absolute Gasteiger partial charge is 0.543 e. The fourth-order valence-corrected chi connectivity index (χ4v) is 16.5. The number of aliphatic hydroxyl groups excluding tert-OH is 1. The molecule has 338 valence electrons. The van der Waals surface area contributed by atoms with Gasteiger partial charge in [0.2, 0.25) is 32.4 Å². The van der Waals surface area contributed by atoms with E-state index >= 15 is 0 Å². The third-order valence-electron chi connectivity index (χ3n) is 13.1. The van der Waals surface area contributed by atoms with E-state index in [1.165, 1.54) is 40.5 Å². The Hall–Kier alpha value is -4.66. The molecule has 1 amide bonds. The summed E-state index contributed by atoms with van der Waals surface area (Å²) in [5.74, 6) is 0.414. The molecule has 0 aliphatic carbocycles. The highest BCUT2D eigenvalue weighted by Gasteiger charge is 2.60. The molecule has 0 bridgehead atoms. The van der Waals surface area contributed by atoms with Crippen molar-refractivity contribution in [3.8, 4) is 11.5 Å². The molecule has 1 fully saturated rings. The van der Waals surface area contributed by atoms with Gasteiger partial charge < -0.3 is 23.6 Å². The Morgan fingerprint density at radius 2 is 1.62 bits per heavy atom. The molecule has 1 saturated heterocycles. The lowest BCUT2D eigenvalue weighted by Crippen LogP contribution is -2.63. The standard InChI is InChI=1S/C44H60N7O8S2Si2/c1-9-62(10-2,11-3)58-34-22-32(23-35(24-34)59-63(12-4,13-5)14-6)25-48-28-49-26-36(61-43(49)42(48)60-21-15-20-46-47-45)37-29(7)39-38(30(8)52)41(53)50(39)40(37)44(54)57-27-31-16-18-33(19-17-31)51(55)56/h16-19,22-24,26,28-30,38-39,52H,9-15,20-21,25,27H2,1-8H3/q+1/t29-,30+,38+,39-/m0/s1. The first-order chi connectivity index (χ1) is 30.2. The van der Waals surface area contributed by atoms with E-state index in [0.29, 0.717) is 36.4 Å². The summed E-state index contributed by atoms with van der Waals surface area (Å²) in [4.78, 5) is 44.5. The van der Waals surface area contributed by atoms with Gasteiger partial charge in [-0.15, -0.1) is 0 Å². The number of β-lactam (4-membered cyclic amide) rings is 1. The first-order valence-electron chi connectivity index (χ1n) is 22.1. The number of azide groups is 1. The lowest BCUT2D eigenvalue weighted by atomic mass is 9.77. The third kappa shape index (κ3) is 9.88. The first kappa shape index (κ1) is 47.8. The van der Waals surface area contributed by atoms with Gasteiger partial charge in [-0.25, -0.2) is 9.36 Å². The molecule has 19 heteroatoms. The minimum atomic E-state index is -2.01. The Balaban J connectivity index is 1.41. The molecule has 2 aliphatic heterocycles. The van der Waals surface area contributed by atoms with Gasteiger partial charge in [0.25, 0.3) is 12.0 Å². The highest BCUT2D eigenvalue weighted by Crippen LogP contribution is 2.52. The van der Waals surface area contributed by atoms with Gasteiger partial charge in [-0.2, -0.15) is 4.40 Å². The van der Waals surface area contributed by atoms with E-state index < -0.39 is 45.6 Å². The van der Waals surface area contributed by atoms with Crippen LogP contribution in [0, 0.1) is 22.0 Å². The topological polar surface area (TPSA) is 185 Å². The Morgan fingerprint density at radius 3 is 2.16 bits per heavy atom. The number of esters is 1. The Morgan fingerprint density at radius 1 is 1.02 bits per heavy atom. The van der Waals surface area contributed by atoms with E-state index in [1.807, 2.05) is 13.1 Å². The van der Waals surface area contributed by atoms with Gasteiger partial charge in [0.1, 0.15) is 36.5 Å². The number of carbonyl (C=O) groups excluding carboxylic acids is 2. The van der Waals surface area contributed by atoms with Crippen LogP contribution in [0.1, 0.15) is 77.8 Å². The number of aliphatic hydroxyl groups is 1. The molecule has 1 N–H and O–H groups in total. The molecule has 0 radical (unpaired) electrons. The number of non-ortho nitro benzene ring substituents is 1. The van der Waals surface area contributed by atoms with E-state index in [1.54, 1.807) is 18.7 Å². The van der Waals surface area contributed by atoms with Crippen molar-refractivity contribution in [2.45, 2.75) is 128 Å². The maximum atomic E-state index is 14.1. The molecular formula is C44H60N7O8S2Si2+. The van der Waals surface area contributed by atoms with Gasteiger partial charge >= 0.3 is 5.97 Å². The number of thiazole rings is 1. The molecule has 2 aromatic carbocycles. The molecule has 4 atom stereocenters. The Labute approximate surface area is 379 Å². The molecule has 2 aromatic heterocycles. The lowest BCUT2D eigenvalue weighted by Gasteiger charge is -2.46. The number of hydrogen-bond donors (Lipinski definition) is 1. The minimum absolute atomic E-state index is 0.0743. The normalized spacial score (nSPS) is 18.0. The monoisotopic (exact) mass is 934 g/mol. The third-order valence-corrected chi connectivity index (χ3v) is 24.6. The minimum Gasteiger partial charge on any atom is -0.543 e. The van der Waals surface area contributed by atoms with Crippen molar-refractivity contribution in [1.29, 1.82) is 0 Å². The second-order valence-electron chi connectivity index (χ2n) is 16.5. The molecule has 4 heterocycles. The highest BCUT2D eigenvalue weighted by atomic mass is 32.2. The maximum Gasteiger partial charge on any atom is 0.355 e. The number of benzene rings is 2. The summed E-state index contributed by atoms with van der Waals surface area (Å²) in [5.41, 5.74) is 11.3. The number of nitrogens with zero attached hydrogens (tertiary/aromatic N) is 7. The van der Waals surface area contributed by atoms with Crippen LogP contribution in [0.4, 0.5) is 5.69 Å². The zero-order valence-electron chi connectivity index (χ0n) is 37.5. The molecule has 0 spiro atoms. The zero-order valence-corrected chi connectivity index (χ0v) is 41.2. The van der Waals surface area contributed by atoms with E-state index in [2.05, 4.69) is 85.1 Å². The summed E-state index contributed by atoms with van der Waals surface area (Å²) in [5, 5.41) is 26.6. The average Bonchev–Trinajstić information content (AvgIpc) is 3.90. The van der Waals surface area contributed by atoms with Crippen molar-refractivity contribution >= 4 is 67.7 Å². The van der Waals surface area contributed by atoms with Crippen LogP contribution in [0.25, 0.3) is 20.8 Å². The van der Waals surface area contributed by atoms with Crippen LogP contribution < -0.4 is 13.4 Å². The summed E-state index contributed by atoms with van der Waals surface area (Å²) in [7, 11) is -4.03. The van der Waals surface area contributed by atoms with Gasteiger partial charge in [0.15, 0.2) is 0 Å². The average molecular weight is 935 g/mol. The molecule has 15 nitrogen and oxygen atoms in total. The molecule has 63 heavy (non-hydrogen) atoms. The Kier molecular flexibility index (Phi) is 15.5. The van der Waals surface area contributed by atoms with Gasteiger partial charge in [0.05, 0.1) is 27.9 Å². The van der Waals surface area contributed by atoms with Crippen molar-refractivity contribution in [1.82, 2.24) is 9.30 Å². The molecule has 0 saturated carbocycles. The van der Waals surface area contributed by atoms with Crippen LogP contribution in [0.3, 0.4) is 0 Å². The van der Waals surface area contributed by atoms with Crippen LogP contribution in [-0.2, 0) is 27.5 Å². The van der Waals surface area contributed by atoms with E-state index in [4.69, 9.17) is 19.1 Å². The van der Waals surface area contributed by atoms with Crippen LogP contribution >= 0.6 is 23.1 Å². The number of rotatable bonds is 23. The van der Waals surface area contributed by atoms with Crippen LogP contribution in [0.5, 0.6) is 11.5 Å². The molecule has 2 aliphatic rings. The van der Waals surface area contributed by atoms with Crippen LogP contribution in [0.2, 0.25) is 36.3 Å². The zero-order chi connectivity index (χ0) is 45.6. The predicted molar refractivity (Wildman–Crippen MR) is 251 cm³/mol. The Bertz CT molecular complexity index is 2330. The number of aromatic nitrogens is 2. The molecular weight excluding hydrogens is 875 g/mol. The number of nitro groups is 1. The first-order valence-corrected chi connectivity index (χ1v) is 28.9. The second kappa shape index (κ2) is 20.5. The summed E-state index contributed by atoms with van der Waals surface area (Å²) in [6.45, 7) is 17.7. The van der Waals surface area contributed by atoms with Gasteiger partial charge in [-0.3, -0.25) is 14.9 Å². The van der Waals surface area contributed by atoms with Crippen molar-refractivity contribution in [3.05, 3.63) is 97.2 Å². The number of thioether (sulfide) groups is 1. The number of imidazole rings is 1. The van der Waals surface area contributed by atoms with Crippen molar-refractivity contribution in [3.63, 3.8) is 0 Å². The maximum absolute atomic E-state index is 14.1. The van der Waals surface area contributed by atoms with Crippen molar-refractivity contribution in [2.75, 3.05) is 12.3 Å². The summed E-state index contributed by atoms with van der Waals surface area (Å²) in [6.07, 6.45) is 3.81. The van der Waals surface area contributed by atoms with Crippen LogP contribution in [-0.4, -0.2) is 72.3 Å². The molecule has 0 unspecified atom stereocenters. The number of hydrogen-bond acceptors (Lipinski definition) is 11. The van der Waals surface area contributed by atoms with Crippen molar-refractivity contribution < 1.29 is 37.8 Å². The number of nitro benzene ring substituents is 1. The van der Waals surface area contributed by atoms with Gasteiger partial charge in [0, 0.05) is 52.5 Å². The predicted octanol–water partition coefficient (Wildman–Crippen LogP) is 10.1. The van der Waals surface area contributed by atoms with Crippen molar-refractivity contribution in [2.24, 2.45) is 17.0 Å². The number of carbonyl (C=O) groups is 2. The number of fused-ring (bicyclic) bond motifs is 2. The summed E-state index contributed by atoms with van der Waals surface area (Å²) in [6, 6.07) is 17.9. The molecule has 6 rings (SSSR count). The fraction of sp³-hybridized carbons (Fsp3) is 0.523. The number of amides is 1. The fourth-order valence-electron chi connectivity index (χ4n) is 8.95. The van der Waals surface area contributed by atoms with E-state index in [0.717, 1.165) is 68.1 Å². The SMILES string of the molecule is CC[Si](CC)(CC)Oc1cc(C[n+]2cn3cc(C4=C(C(=O)OCc5ccc([N+](=O)[O-])cc5)N5C(=O)[C@H]([C@@H](C)O)[C@@H]5[C@H]4C)sc3c2SCCCN=[N+]=[N-])cc(O[Si](CC)(CC)CC)c1. The second-order valence-corrected chi connectivity index (χ2v) is 28.0. The quantitative estimate of drug-likeness (QED) is 0.00646.